The number of ether oxygens (including phenoxy) is 1. The van der Waals surface area contributed by atoms with Crippen molar-refractivity contribution >= 4 is 28.4 Å². The SMILES string of the molecule is C=CCCCn1c(=O)c(NC(=O)Nc2c(C(C)C)cccc2C(C)C)c(-c2cccc(OCCCc3ccncc3)c2)c2cccnc21. The lowest BCUT2D eigenvalue weighted by molar-refractivity contribution is 0.262. The van der Waals surface area contributed by atoms with E-state index in [1.54, 1.807) is 23.2 Å². The second-order valence-corrected chi connectivity index (χ2v) is 12.5. The fourth-order valence-electron chi connectivity index (χ4n) is 6.01. The smallest absolute Gasteiger partial charge is 0.323 e. The molecule has 8 heteroatoms. The van der Waals surface area contributed by atoms with Crippen molar-refractivity contribution in [2.75, 3.05) is 17.2 Å². The summed E-state index contributed by atoms with van der Waals surface area (Å²) >= 11 is 0. The van der Waals surface area contributed by atoms with Crippen molar-refractivity contribution in [3.63, 3.8) is 0 Å². The lowest BCUT2D eigenvalue weighted by Gasteiger charge is -2.22. The molecule has 8 nitrogen and oxygen atoms in total. The van der Waals surface area contributed by atoms with E-state index in [4.69, 9.17) is 4.74 Å². The second kappa shape index (κ2) is 16.0. The number of benzene rings is 2. The molecule has 0 saturated carbocycles. The maximum absolute atomic E-state index is 14.4. The first-order valence-corrected chi connectivity index (χ1v) is 16.7. The number of hydrogen-bond donors (Lipinski definition) is 2. The first-order chi connectivity index (χ1) is 23.3. The van der Waals surface area contributed by atoms with Crippen LogP contribution in [0.1, 0.15) is 75.5 Å². The molecular formula is C40H45N5O3. The average Bonchev–Trinajstić information content (AvgIpc) is 3.08. The monoisotopic (exact) mass is 643 g/mol. The minimum absolute atomic E-state index is 0.189. The van der Waals surface area contributed by atoms with E-state index >= 15 is 0 Å². The topological polar surface area (TPSA) is 98.1 Å². The van der Waals surface area contributed by atoms with E-state index < -0.39 is 6.03 Å². The number of carbonyl (C=O) groups is 1. The van der Waals surface area contributed by atoms with Crippen LogP contribution >= 0.6 is 0 Å². The molecule has 2 aromatic carbocycles. The van der Waals surface area contributed by atoms with E-state index in [1.165, 1.54) is 5.56 Å². The van der Waals surface area contributed by atoms with Crippen LogP contribution in [0.25, 0.3) is 22.2 Å². The van der Waals surface area contributed by atoms with Gasteiger partial charge < -0.3 is 15.4 Å². The van der Waals surface area contributed by atoms with Crippen LogP contribution in [0.15, 0.2) is 103 Å². The van der Waals surface area contributed by atoms with Crippen LogP contribution in [-0.2, 0) is 13.0 Å². The van der Waals surface area contributed by atoms with Gasteiger partial charge in [-0.05, 0) is 96.2 Å². The molecule has 0 spiro atoms. The van der Waals surface area contributed by atoms with E-state index in [2.05, 4.69) is 54.9 Å². The molecule has 0 aliphatic carbocycles. The number of aromatic nitrogens is 3. The number of carbonyl (C=O) groups excluding carboxylic acids is 1. The molecule has 0 unspecified atom stereocenters. The molecule has 0 radical (unpaired) electrons. The molecule has 2 amide bonds. The molecule has 0 fully saturated rings. The van der Waals surface area contributed by atoms with Gasteiger partial charge in [-0.3, -0.25) is 14.3 Å². The molecule has 5 aromatic rings. The molecular weight excluding hydrogens is 598 g/mol. The summed E-state index contributed by atoms with van der Waals surface area (Å²) in [6, 6.07) is 21.1. The lowest BCUT2D eigenvalue weighted by atomic mass is 9.93. The van der Waals surface area contributed by atoms with Crippen molar-refractivity contribution in [3.05, 3.63) is 125 Å². The van der Waals surface area contributed by atoms with E-state index in [9.17, 15) is 9.59 Å². The zero-order valence-corrected chi connectivity index (χ0v) is 28.3. The fraction of sp³-hybridized carbons (Fsp3) is 0.300. The quantitative estimate of drug-likeness (QED) is 0.0928. The second-order valence-electron chi connectivity index (χ2n) is 12.5. The van der Waals surface area contributed by atoms with E-state index in [0.29, 0.717) is 36.5 Å². The number of anilines is 2. The summed E-state index contributed by atoms with van der Waals surface area (Å²) in [5, 5.41) is 6.87. The van der Waals surface area contributed by atoms with Gasteiger partial charge in [-0.2, -0.15) is 0 Å². The van der Waals surface area contributed by atoms with Crippen LogP contribution in [0.3, 0.4) is 0 Å². The van der Waals surface area contributed by atoms with Gasteiger partial charge in [0.05, 0.1) is 6.61 Å². The number of rotatable bonds is 14. The first-order valence-electron chi connectivity index (χ1n) is 16.7. The van der Waals surface area contributed by atoms with Crippen LogP contribution in [0.4, 0.5) is 16.2 Å². The van der Waals surface area contributed by atoms with Gasteiger partial charge in [0.2, 0.25) is 0 Å². The summed E-state index contributed by atoms with van der Waals surface area (Å²) in [6.07, 6.45) is 10.3. The summed E-state index contributed by atoms with van der Waals surface area (Å²) in [5.41, 5.74) is 5.83. The van der Waals surface area contributed by atoms with E-state index in [0.717, 1.165) is 47.0 Å². The Balaban J connectivity index is 1.54. The average molecular weight is 644 g/mol. The standard InChI is InChI=1S/C40H45N5O3/c1-6-7-8-24-45-38-34(18-11-21-42-38)35(30-14-9-15-31(26-30)48-25-12-13-29-19-22-41-23-20-29)37(39(45)46)44-40(47)43-36-32(27(2)3)16-10-17-33(36)28(4)5/h6,9-11,14-23,26-28H,1,7-8,12-13,24-25H2,2-5H3,(H2,43,44,47). The summed E-state index contributed by atoms with van der Waals surface area (Å²) < 4.78 is 7.82. The van der Waals surface area contributed by atoms with Crippen LogP contribution in [-0.4, -0.2) is 27.2 Å². The Morgan fingerprint density at radius 3 is 2.31 bits per heavy atom. The Morgan fingerprint density at radius 2 is 1.60 bits per heavy atom. The molecule has 248 valence electrons. The molecule has 3 aromatic heterocycles. The van der Waals surface area contributed by atoms with Crippen molar-refractivity contribution in [2.45, 2.75) is 71.8 Å². The Kier molecular flexibility index (Phi) is 11.4. The van der Waals surface area contributed by atoms with Crippen molar-refractivity contribution < 1.29 is 9.53 Å². The number of nitrogens with zero attached hydrogens (tertiary/aromatic N) is 3. The van der Waals surface area contributed by atoms with Gasteiger partial charge in [0.15, 0.2) is 0 Å². The third kappa shape index (κ3) is 8.00. The normalized spacial score (nSPS) is 11.2. The summed E-state index contributed by atoms with van der Waals surface area (Å²) in [4.78, 5) is 37.0. The van der Waals surface area contributed by atoms with Gasteiger partial charge in [-0.1, -0.05) is 64.1 Å². The van der Waals surface area contributed by atoms with Gasteiger partial charge >= 0.3 is 6.03 Å². The number of pyridine rings is 3. The maximum atomic E-state index is 14.4. The number of nitrogens with one attached hydrogen (secondary N) is 2. The van der Waals surface area contributed by atoms with Crippen LogP contribution in [0, 0.1) is 0 Å². The number of hydrogen-bond acceptors (Lipinski definition) is 5. The van der Waals surface area contributed by atoms with Crippen molar-refractivity contribution in [3.8, 4) is 16.9 Å². The van der Waals surface area contributed by atoms with Crippen molar-refractivity contribution in [1.82, 2.24) is 14.5 Å². The number of aryl methyl sites for hydroxylation is 2. The predicted molar refractivity (Wildman–Crippen MR) is 196 cm³/mol. The number of amides is 2. The van der Waals surface area contributed by atoms with E-state index in [1.807, 2.05) is 72.8 Å². The molecule has 3 heterocycles. The predicted octanol–water partition coefficient (Wildman–Crippen LogP) is 9.33. The molecule has 0 aliphatic rings. The number of urea groups is 1. The Bertz CT molecular complexity index is 1910. The minimum atomic E-state index is -0.479. The highest BCUT2D eigenvalue weighted by molar-refractivity contribution is 6.07. The van der Waals surface area contributed by atoms with Crippen molar-refractivity contribution in [1.29, 1.82) is 0 Å². The zero-order valence-electron chi connectivity index (χ0n) is 28.3. The third-order valence-corrected chi connectivity index (χ3v) is 8.41. The van der Waals surface area contributed by atoms with E-state index in [-0.39, 0.29) is 23.1 Å². The molecule has 0 atom stereocenters. The highest BCUT2D eigenvalue weighted by atomic mass is 16.5. The molecule has 0 saturated heterocycles. The van der Waals surface area contributed by atoms with Crippen molar-refractivity contribution in [2.24, 2.45) is 0 Å². The molecule has 2 N–H and O–H groups in total. The van der Waals surface area contributed by atoms with Gasteiger partial charge in [0.25, 0.3) is 5.56 Å². The minimum Gasteiger partial charge on any atom is -0.494 e. The Hall–Kier alpha value is -5.24. The van der Waals surface area contributed by atoms with Crippen LogP contribution in [0.5, 0.6) is 5.75 Å². The molecule has 0 bridgehead atoms. The number of para-hydroxylation sites is 1. The largest absolute Gasteiger partial charge is 0.494 e. The van der Waals surface area contributed by atoms with Gasteiger partial charge in [0, 0.05) is 41.8 Å². The number of allylic oxidation sites excluding steroid dienone is 1. The first kappa shape index (κ1) is 34.1. The Morgan fingerprint density at radius 1 is 0.896 bits per heavy atom. The molecule has 5 rings (SSSR count). The van der Waals surface area contributed by atoms with Gasteiger partial charge in [0.1, 0.15) is 17.1 Å². The highest BCUT2D eigenvalue weighted by Crippen LogP contribution is 2.36. The van der Waals surface area contributed by atoms with Crippen LogP contribution in [0.2, 0.25) is 0 Å². The fourth-order valence-corrected chi connectivity index (χ4v) is 6.01. The van der Waals surface area contributed by atoms with Crippen LogP contribution < -0.4 is 20.9 Å². The Labute approximate surface area is 282 Å². The molecule has 0 aliphatic heterocycles. The van der Waals surface area contributed by atoms with Gasteiger partial charge in [-0.15, -0.1) is 6.58 Å². The summed E-state index contributed by atoms with van der Waals surface area (Å²) in [6.45, 7) is 13.2. The summed E-state index contributed by atoms with van der Waals surface area (Å²) in [7, 11) is 0. The summed E-state index contributed by atoms with van der Waals surface area (Å²) in [5.74, 6) is 1.06. The lowest BCUT2D eigenvalue weighted by Crippen LogP contribution is -2.30. The zero-order chi connectivity index (χ0) is 34.0. The number of fused-ring (bicyclic) bond motifs is 1. The molecule has 48 heavy (non-hydrogen) atoms. The number of unbranched alkanes of at least 4 members (excludes halogenated alkanes) is 1. The maximum Gasteiger partial charge on any atom is 0.323 e. The third-order valence-electron chi connectivity index (χ3n) is 8.41. The van der Waals surface area contributed by atoms with Gasteiger partial charge in [-0.25, -0.2) is 9.78 Å². The highest BCUT2D eigenvalue weighted by Gasteiger charge is 2.23.